The number of rotatable bonds is 2. The molecular weight excluding hydrogens is 209 g/mol. The lowest BCUT2D eigenvalue weighted by atomic mass is 9.91. The molecule has 2 rings (SSSR count). The summed E-state index contributed by atoms with van der Waals surface area (Å²) in [6.45, 7) is 1.93. The molecule has 2 aromatic carbocycles. The molecule has 0 aliphatic carbocycles. The van der Waals surface area contributed by atoms with E-state index in [-0.39, 0.29) is 5.75 Å². The predicted molar refractivity (Wildman–Crippen MR) is 71.9 cm³/mol. The molecule has 0 heterocycles. The van der Waals surface area contributed by atoms with Crippen molar-refractivity contribution in [3.8, 4) is 5.75 Å². The highest BCUT2D eigenvalue weighted by molar-refractivity contribution is 6.34. The molecule has 0 atom stereocenters. The van der Waals surface area contributed by atoms with Crippen LogP contribution < -0.4 is 5.46 Å². The molecule has 1 N–H and O–H groups in total. The summed E-state index contributed by atoms with van der Waals surface area (Å²) in [5.74, 6) is 0.0790. The topological polar surface area (TPSA) is 32.6 Å². The van der Waals surface area contributed by atoms with Gasteiger partial charge in [0.25, 0.3) is 0 Å². The van der Waals surface area contributed by atoms with E-state index in [1.54, 1.807) is 12.3 Å². The van der Waals surface area contributed by atoms with Crippen molar-refractivity contribution in [2.45, 2.75) is 6.92 Å². The van der Waals surface area contributed by atoms with E-state index in [9.17, 15) is 5.11 Å². The van der Waals surface area contributed by atoms with Gasteiger partial charge in [0.05, 0.1) is 5.69 Å². The van der Waals surface area contributed by atoms with E-state index >= 15 is 0 Å². The average Bonchev–Trinajstić information content (AvgIpc) is 2.33. The van der Waals surface area contributed by atoms with E-state index in [2.05, 4.69) is 4.99 Å². The Morgan fingerprint density at radius 3 is 2.59 bits per heavy atom. The highest BCUT2D eigenvalue weighted by Crippen LogP contribution is 2.15. The van der Waals surface area contributed by atoms with Crippen molar-refractivity contribution in [2.75, 3.05) is 0 Å². The smallest absolute Gasteiger partial charge is 0.119 e. The van der Waals surface area contributed by atoms with Gasteiger partial charge in [-0.05, 0) is 25.1 Å². The summed E-state index contributed by atoms with van der Waals surface area (Å²) < 4.78 is 0. The summed E-state index contributed by atoms with van der Waals surface area (Å²) in [5, 5.41) is 9.78. The van der Waals surface area contributed by atoms with E-state index in [4.69, 9.17) is 7.85 Å². The molecule has 0 aromatic heterocycles. The molecule has 0 unspecified atom stereocenters. The van der Waals surface area contributed by atoms with E-state index in [1.807, 2.05) is 43.3 Å². The van der Waals surface area contributed by atoms with Crippen molar-refractivity contribution in [1.29, 1.82) is 0 Å². The van der Waals surface area contributed by atoms with Gasteiger partial charge in [-0.3, -0.25) is 4.99 Å². The van der Waals surface area contributed by atoms with Crippen molar-refractivity contribution in [3.05, 3.63) is 53.6 Å². The molecule has 0 fully saturated rings. The molecule has 3 heteroatoms. The summed E-state index contributed by atoms with van der Waals surface area (Å²) in [7, 11) is 5.68. The number of para-hydroxylation sites is 1. The molecule has 0 spiro atoms. The Morgan fingerprint density at radius 1 is 1.18 bits per heavy atom. The fourth-order valence-corrected chi connectivity index (χ4v) is 1.59. The summed E-state index contributed by atoms with van der Waals surface area (Å²) in [4.78, 5) is 4.28. The minimum atomic E-state index is 0.0790. The first-order chi connectivity index (χ1) is 8.16. The average molecular weight is 221 g/mol. The first-order valence-corrected chi connectivity index (χ1v) is 5.35. The Labute approximate surface area is 102 Å². The lowest BCUT2D eigenvalue weighted by molar-refractivity contribution is 0.478. The molecule has 2 nitrogen and oxygen atoms in total. The monoisotopic (exact) mass is 221 g/mol. The quantitative estimate of drug-likeness (QED) is 0.612. The van der Waals surface area contributed by atoms with Crippen LogP contribution in [0.1, 0.15) is 11.1 Å². The van der Waals surface area contributed by atoms with Crippen molar-refractivity contribution in [3.63, 3.8) is 0 Å². The SMILES string of the molecule is [B]c1cc(C)cc(C=Nc2ccccc2)c1O. The van der Waals surface area contributed by atoms with Crippen LogP contribution in [0.25, 0.3) is 0 Å². The lowest BCUT2D eigenvalue weighted by Gasteiger charge is -2.05. The second kappa shape index (κ2) is 4.87. The molecule has 0 aliphatic heterocycles. The normalized spacial score (nSPS) is 10.9. The largest absolute Gasteiger partial charge is 0.508 e. The van der Waals surface area contributed by atoms with Gasteiger partial charge >= 0.3 is 0 Å². The zero-order valence-electron chi connectivity index (χ0n) is 9.59. The van der Waals surface area contributed by atoms with Crippen molar-refractivity contribution in [1.82, 2.24) is 0 Å². The highest BCUT2D eigenvalue weighted by atomic mass is 16.3. The zero-order valence-corrected chi connectivity index (χ0v) is 9.59. The van der Waals surface area contributed by atoms with Crippen LogP contribution in [-0.4, -0.2) is 19.2 Å². The third kappa shape index (κ3) is 2.75. The van der Waals surface area contributed by atoms with Crippen molar-refractivity contribution in [2.24, 2.45) is 4.99 Å². The Morgan fingerprint density at radius 2 is 1.88 bits per heavy atom. The molecule has 0 saturated heterocycles. The number of hydrogen-bond acceptors (Lipinski definition) is 2. The van der Waals surface area contributed by atoms with Gasteiger partial charge in [0.2, 0.25) is 0 Å². The minimum Gasteiger partial charge on any atom is -0.508 e. The van der Waals surface area contributed by atoms with Gasteiger partial charge in [-0.1, -0.05) is 35.3 Å². The first kappa shape index (κ1) is 11.5. The maximum atomic E-state index is 9.78. The molecule has 82 valence electrons. The molecule has 0 amide bonds. The van der Waals surface area contributed by atoms with Gasteiger partial charge in [0, 0.05) is 11.8 Å². The molecule has 0 bridgehead atoms. The van der Waals surface area contributed by atoms with Crippen LogP contribution >= 0.6 is 0 Å². The zero-order chi connectivity index (χ0) is 12.3. The fourth-order valence-electron chi connectivity index (χ4n) is 1.59. The van der Waals surface area contributed by atoms with E-state index in [0.717, 1.165) is 11.3 Å². The summed E-state index contributed by atoms with van der Waals surface area (Å²) >= 11 is 0. The van der Waals surface area contributed by atoms with Crippen molar-refractivity contribution >= 4 is 25.2 Å². The molecule has 0 saturated carbocycles. The number of phenols is 1. The third-order valence-electron chi connectivity index (χ3n) is 2.42. The first-order valence-electron chi connectivity index (χ1n) is 5.35. The van der Waals surface area contributed by atoms with Crippen LogP contribution in [-0.2, 0) is 0 Å². The maximum absolute atomic E-state index is 9.78. The van der Waals surface area contributed by atoms with E-state index < -0.39 is 0 Å². The van der Waals surface area contributed by atoms with Crippen LogP contribution in [0.15, 0.2) is 47.5 Å². The predicted octanol–water partition coefficient (Wildman–Crippen LogP) is 2.25. The molecule has 2 radical (unpaired) electrons. The van der Waals surface area contributed by atoms with Crippen LogP contribution in [0.3, 0.4) is 0 Å². The Balaban J connectivity index is 2.33. The van der Waals surface area contributed by atoms with Gasteiger partial charge in [-0.25, -0.2) is 0 Å². The third-order valence-corrected chi connectivity index (χ3v) is 2.42. The number of aryl methyl sites for hydroxylation is 1. The van der Waals surface area contributed by atoms with Crippen molar-refractivity contribution < 1.29 is 5.11 Å². The molecule has 0 aliphatic rings. The standard InChI is InChI=1S/C14H12BNO/c1-10-7-11(14(17)13(15)8-10)9-16-12-5-3-2-4-6-12/h2-9,17H,1H3. The number of nitrogens with zero attached hydrogens (tertiary/aromatic N) is 1. The maximum Gasteiger partial charge on any atom is 0.119 e. The lowest BCUT2D eigenvalue weighted by Crippen LogP contribution is -2.06. The Bertz CT molecular complexity index is 550. The van der Waals surface area contributed by atoms with E-state index in [0.29, 0.717) is 11.0 Å². The minimum absolute atomic E-state index is 0.0790. The van der Waals surface area contributed by atoms with Crippen LogP contribution in [0.4, 0.5) is 5.69 Å². The molecule has 2 aromatic rings. The van der Waals surface area contributed by atoms with Gasteiger partial charge in [0.1, 0.15) is 13.6 Å². The van der Waals surface area contributed by atoms with Crippen LogP contribution in [0.5, 0.6) is 5.75 Å². The second-order valence-electron chi connectivity index (χ2n) is 3.89. The molecule has 17 heavy (non-hydrogen) atoms. The van der Waals surface area contributed by atoms with Gasteiger partial charge in [0.15, 0.2) is 0 Å². The van der Waals surface area contributed by atoms with Crippen LogP contribution in [0, 0.1) is 6.92 Å². The Hall–Kier alpha value is -2.03. The summed E-state index contributed by atoms with van der Waals surface area (Å²) in [5.41, 5.74) is 2.84. The number of aromatic hydroxyl groups is 1. The molecular formula is C14H12BNO. The number of aliphatic imine (C=N–C) groups is 1. The number of benzene rings is 2. The Kier molecular flexibility index (Phi) is 3.28. The van der Waals surface area contributed by atoms with Gasteiger partial charge < -0.3 is 5.11 Å². The fraction of sp³-hybridized carbons (Fsp3) is 0.0714. The number of phenolic OH excluding ortho intramolecular Hbond substituents is 1. The summed E-state index contributed by atoms with van der Waals surface area (Å²) in [6.07, 6.45) is 1.62. The van der Waals surface area contributed by atoms with Crippen LogP contribution in [0.2, 0.25) is 0 Å². The second-order valence-corrected chi connectivity index (χ2v) is 3.89. The summed E-state index contributed by atoms with van der Waals surface area (Å²) in [6, 6.07) is 13.1. The number of hydrogen-bond donors (Lipinski definition) is 1. The van der Waals surface area contributed by atoms with Gasteiger partial charge in [-0.2, -0.15) is 0 Å². The highest BCUT2D eigenvalue weighted by Gasteiger charge is 2.02. The van der Waals surface area contributed by atoms with Gasteiger partial charge in [-0.15, -0.1) is 0 Å². The van der Waals surface area contributed by atoms with E-state index in [1.165, 1.54) is 0 Å².